The van der Waals surface area contributed by atoms with Gasteiger partial charge in [-0.15, -0.1) is 0 Å². The first kappa shape index (κ1) is 17.7. The lowest BCUT2D eigenvalue weighted by atomic mass is 10.1. The van der Waals surface area contributed by atoms with Crippen LogP contribution in [-0.4, -0.2) is 85.6 Å². The van der Waals surface area contributed by atoms with Crippen molar-refractivity contribution in [2.45, 2.75) is 44.2 Å². The van der Waals surface area contributed by atoms with Gasteiger partial charge in [-0.3, -0.25) is 4.79 Å². The number of likely N-dealkylation sites (tertiary alicyclic amines) is 1. The second-order valence-corrected chi connectivity index (χ2v) is 7.74. The molecule has 3 rings (SSSR count). The van der Waals surface area contributed by atoms with E-state index in [1.165, 1.54) is 52.0 Å². The molecule has 2 unspecified atom stereocenters. The molecular weight excluding hydrogens is 302 g/mol. The van der Waals surface area contributed by atoms with E-state index in [-0.39, 0.29) is 11.9 Å². The van der Waals surface area contributed by atoms with E-state index in [1.807, 2.05) is 0 Å². The Morgan fingerprint density at radius 2 is 1.96 bits per heavy atom. The predicted octanol–water partition coefficient (Wildman–Crippen LogP) is 0.507. The Bertz CT molecular complexity index is 469. The summed E-state index contributed by atoms with van der Waals surface area (Å²) in [5.41, 5.74) is 0. The molecule has 2 saturated heterocycles. The normalized spacial score (nSPS) is 32.2. The summed E-state index contributed by atoms with van der Waals surface area (Å²) < 4.78 is 0. The summed E-state index contributed by atoms with van der Waals surface area (Å²) in [6.07, 6.45) is 5.41. The minimum atomic E-state index is -0.201. The molecule has 2 aliphatic heterocycles. The molecule has 0 bridgehead atoms. The summed E-state index contributed by atoms with van der Waals surface area (Å²) in [7, 11) is 2.20. The van der Waals surface area contributed by atoms with Crippen molar-refractivity contribution in [3.05, 3.63) is 0 Å². The Labute approximate surface area is 145 Å². The van der Waals surface area contributed by atoms with Crippen molar-refractivity contribution in [2.24, 2.45) is 5.92 Å². The van der Waals surface area contributed by atoms with Crippen LogP contribution < -0.4 is 5.32 Å². The molecule has 134 valence electrons. The lowest BCUT2D eigenvalue weighted by Crippen LogP contribution is -2.46. The molecule has 3 aliphatic rings. The monoisotopic (exact) mass is 333 g/mol. The summed E-state index contributed by atoms with van der Waals surface area (Å²) in [5.74, 6) is 0.862. The number of hydrogen-bond donors (Lipinski definition) is 1. The average Bonchev–Trinajstić information content (AvgIpc) is 3.23. The topological polar surface area (TPSA) is 62.6 Å². The Kier molecular flexibility index (Phi) is 6.09. The van der Waals surface area contributed by atoms with Gasteiger partial charge in [-0.05, 0) is 45.1 Å². The molecule has 3 atom stereocenters. The summed E-state index contributed by atoms with van der Waals surface area (Å²) in [6.45, 7) is 7.09. The molecular formula is C18H31N5O. The average molecular weight is 333 g/mol. The first-order chi connectivity index (χ1) is 11.7. The van der Waals surface area contributed by atoms with Gasteiger partial charge >= 0.3 is 0 Å². The molecule has 2 heterocycles. The molecule has 0 spiro atoms. The number of likely N-dealkylation sites (N-methyl/N-ethyl adjacent to an activating group) is 1. The van der Waals surface area contributed by atoms with Gasteiger partial charge in [0.2, 0.25) is 5.91 Å². The second kappa shape index (κ2) is 8.28. The number of nitrogens with one attached hydrogen (secondary N) is 1. The minimum Gasteiger partial charge on any atom is -0.326 e. The molecule has 0 aromatic heterocycles. The van der Waals surface area contributed by atoms with Crippen molar-refractivity contribution in [1.82, 2.24) is 20.0 Å². The summed E-state index contributed by atoms with van der Waals surface area (Å²) >= 11 is 0. The predicted molar refractivity (Wildman–Crippen MR) is 93.4 cm³/mol. The van der Waals surface area contributed by atoms with Crippen molar-refractivity contribution >= 4 is 5.91 Å². The number of nitriles is 1. The third kappa shape index (κ3) is 4.47. The van der Waals surface area contributed by atoms with E-state index >= 15 is 0 Å². The van der Waals surface area contributed by atoms with Crippen LogP contribution in [0.5, 0.6) is 0 Å². The lowest BCUT2D eigenvalue weighted by molar-refractivity contribution is -0.130. The summed E-state index contributed by atoms with van der Waals surface area (Å²) in [5, 5.41) is 12.5. The Morgan fingerprint density at radius 1 is 1.17 bits per heavy atom. The van der Waals surface area contributed by atoms with Gasteiger partial charge < -0.3 is 20.0 Å². The van der Waals surface area contributed by atoms with Crippen LogP contribution in [0.2, 0.25) is 0 Å². The van der Waals surface area contributed by atoms with Crippen LogP contribution in [0.1, 0.15) is 32.1 Å². The highest BCUT2D eigenvalue weighted by Crippen LogP contribution is 2.26. The van der Waals surface area contributed by atoms with E-state index in [9.17, 15) is 4.79 Å². The van der Waals surface area contributed by atoms with Gasteiger partial charge in [0.05, 0.1) is 12.6 Å². The number of amides is 1. The highest BCUT2D eigenvalue weighted by atomic mass is 16.2. The highest BCUT2D eigenvalue weighted by molar-refractivity contribution is 5.79. The van der Waals surface area contributed by atoms with Gasteiger partial charge in [-0.2, -0.15) is 5.26 Å². The molecule has 1 aliphatic carbocycles. The molecule has 0 radical (unpaired) electrons. The third-order valence-corrected chi connectivity index (χ3v) is 5.92. The molecule has 3 fully saturated rings. The van der Waals surface area contributed by atoms with E-state index in [2.05, 4.69) is 28.2 Å². The van der Waals surface area contributed by atoms with Crippen LogP contribution in [0.25, 0.3) is 0 Å². The molecule has 1 amide bonds. The van der Waals surface area contributed by atoms with Crippen molar-refractivity contribution < 1.29 is 4.79 Å². The van der Waals surface area contributed by atoms with Gasteiger partial charge in [0.15, 0.2) is 0 Å². The van der Waals surface area contributed by atoms with Crippen molar-refractivity contribution in [1.29, 1.82) is 5.26 Å². The molecule has 0 aromatic carbocycles. The first-order valence-corrected chi connectivity index (χ1v) is 9.49. The maximum absolute atomic E-state index is 12.3. The third-order valence-electron chi connectivity index (χ3n) is 5.92. The highest BCUT2D eigenvalue weighted by Gasteiger charge is 2.30. The standard InChI is InChI=1S/C18H31N5O/c1-21-7-9-22(10-8-21)14-15-4-5-16(11-15)20-13-18(24)23-6-2-3-17(23)12-19/h15-17,20H,2-11,13-14H2,1H3/t15?,16?,17-/m0/s1. The van der Waals surface area contributed by atoms with Crippen LogP contribution in [0.4, 0.5) is 0 Å². The van der Waals surface area contributed by atoms with Crippen LogP contribution in [-0.2, 0) is 4.79 Å². The van der Waals surface area contributed by atoms with Gasteiger partial charge in [0, 0.05) is 45.3 Å². The fraction of sp³-hybridized carbons (Fsp3) is 0.889. The van der Waals surface area contributed by atoms with Crippen LogP contribution in [0.15, 0.2) is 0 Å². The van der Waals surface area contributed by atoms with Crippen LogP contribution in [0.3, 0.4) is 0 Å². The van der Waals surface area contributed by atoms with Crippen molar-refractivity contribution in [3.8, 4) is 6.07 Å². The Morgan fingerprint density at radius 3 is 2.71 bits per heavy atom. The maximum atomic E-state index is 12.3. The molecule has 6 heteroatoms. The van der Waals surface area contributed by atoms with E-state index in [0.717, 1.165) is 25.3 Å². The zero-order valence-electron chi connectivity index (χ0n) is 14.9. The smallest absolute Gasteiger partial charge is 0.237 e. The fourth-order valence-electron chi connectivity index (χ4n) is 4.35. The number of carbonyl (C=O) groups is 1. The number of nitrogens with zero attached hydrogens (tertiary/aromatic N) is 4. The van der Waals surface area contributed by atoms with E-state index in [1.54, 1.807) is 4.90 Å². The molecule has 24 heavy (non-hydrogen) atoms. The van der Waals surface area contributed by atoms with Crippen molar-refractivity contribution in [3.63, 3.8) is 0 Å². The zero-order valence-corrected chi connectivity index (χ0v) is 14.9. The quantitative estimate of drug-likeness (QED) is 0.794. The Balaban J connectivity index is 1.36. The van der Waals surface area contributed by atoms with Crippen molar-refractivity contribution in [2.75, 3.05) is 52.9 Å². The van der Waals surface area contributed by atoms with Gasteiger partial charge in [0.1, 0.15) is 6.04 Å². The molecule has 1 saturated carbocycles. The van der Waals surface area contributed by atoms with E-state index in [0.29, 0.717) is 12.6 Å². The minimum absolute atomic E-state index is 0.0987. The van der Waals surface area contributed by atoms with E-state index < -0.39 is 0 Å². The second-order valence-electron chi connectivity index (χ2n) is 7.74. The number of rotatable bonds is 5. The number of carbonyl (C=O) groups excluding carboxylic acids is 1. The largest absolute Gasteiger partial charge is 0.326 e. The SMILES string of the molecule is CN1CCN(CC2CCC(NCC(=O)N3CCC[C@H]3C#N)C2)CC1. The lowest BCUT2D eigenvalue weighted by Gasteiger charge is -2.34. The number of hydrogen-bond acceptors (Lipinski definition) is 5. The van der Waals surface area contributed by atoms with Gasteiger partial charge in [0.25, 0.3) is 0 Å². The van der Waals surface area contributed by atoms with Gasteiger partial charge in [-0.1, -0.05) is 0 Å². The van der Waals surface area contributed by atoms with Crippen LogP contribution >= 0.6 is 0 Å². The number of piperazine rings is 1. The molecule has 0 aromatic rings. The zero-order chi connectivity index (χ0) is 16.9. The maximum Gasteiger partial charge on any atom is 0.237 e. The molecule has 6 nitrogen and oxygen atoms in total. The first-order valence-electron chi connectivity index (χ1n) is 9.49. The summed E-state index contributed by atoms with van der Waals surface area (Å²) in [4.78, 5) is 19.0. The fourth-order valence-corrected chi connectivity index (χ4v) is 4.35. The van der Waals surface area contributed by atoms with Gasteiger partial charge in [-0.25, -0.2) is 0 Å². The van der Waals surface area contributed by atoms with Crippen LogP contribution in [0, 0.1) is 17.2 Å². The van der Waals surface area contributed by atoms with E-state index in [4.69, 9.17) is 5.26 Å². The molecule has 1 N–H and O–H groups in total. The Hall–Kier alpha value is -1.16. The summed E-state index contributed by atoms with van der Waals surface area (Å²) in [6, 6.07) is 2.51.